The van der Waals surface area contributed by atoms with E-state index < -0.39 is 12.0 Å². The number of hydrogen-bond acceptors (Lipinski definition) is 2. The second kappa shape index (κ2) is 6.47. The zero-order chi connectivity index (χ0) is 12.8. The molecule has 1 rings (SSSR count). The highest BCUT2D eigenvalue weighted by molar-refractivity contribution is 5.82. The van der Waals surface area contributed by atoms with E-state index in [1.807, 2.05) is 13.8 Å². The number of urea groups is 1. The molecule has 0 heterocycles. The minimum atomic E-state index is -0.956. The van der Waals surface area contributed by atoms with Gasteiger partial charge in [0.25, 0.3) is 0 Å². The van der Waals surface area contributed by atoms with Gasteiger partial charge < -0.3 is 15.3 Å². The molecule has 1 aliphatic carbocycles. The third-order valence-electron chi connectivity index (χ3n) is 3.02. The van der Waals surface area contributed by atoms with Crippen LogP contribution in [-0.4, -0.2) is 41.1 Å². The molecule has 0 aromatic heterocycles. The Morgan fingerprint density at radius 3 is 2.47 bits per heavy atom. The molecule has 0 aromatic carbocycles. The van der Waals surface area contributed by atoms with Crippen molar-refractivity contribution >= 4 is 12.0 Å². The van der Waals surface area contributed by atoms with Gasteiger partial charge in [-0.3, -0.25) is 0 Å². The predicted octanol–water partition coefficient (Wildman–Crippen LogP) is 1.68. The van der Waals surface area contributed by atoms with Crippen molar-refractivity contribution in [3.63, 3.8) is 0 Å². The molecule has 0 aliphatic heterocycles. The first-order chi connectivity index (χ1) is 8.08. The molecule has 1 atom stereocenters. The first-order valence-corrected chi connectivity index (χ1v) is 6.36. The average molecular weight is 242 g/mol. The molecular formula is C12H22N2O3. The van der Waals surface area contributed by atoms with E-state index in [0.29, 0.717) is 18.9 Å². The average Bonchev–Trinajstić information content (AvgIpc) is 3.08. The quantitative estimate of drug-likeness (QED) is 0.713. The van der Waals surface area contributed by atoms with E-state index in [1.165, 1.54) is 12.8 Å². The molecule has 98 valence electrons. The van der Waals surface area contributed by atoms with Crippen LogP contribution >= 0.6 is 0 Å². The zero-order valence-corrected chi connectivity index (χ0v) is 10.6. The number of rotatable bonds is 7. The maximum absolute atomic E-state index is 11.9. The smallest absolute Gasteiger partial charge is 0.326 e. The fourth-order valence-corrected chi connectivity index (χ4v) is 1.75. The molecule has 0 spiro atoms. The normalized spacial score (nSPS) is 16.4. The Morgan fingerprint density at radius 2 is 2.06 bits per heavy atom. The summed E-state index contributed by atoms with van der Waals surface area (Å²) in [5.41, 5.74) is 0. The molecule has 5 heteroatoms. The zero-order valence-electron chi connectivity index (χ0n) is 10.6. The first-order valence-electron chi connectivity index (χ1n) is 6.36. The largest absolute Gasteiger partial charge is 0.480 e. The Balaban J connectivity index is 2.44. The molecule has 1 unspecified atom stereocenters. The van der Waals surface area contributed by atoms with Crippen LogP contribution in [0.5, 0.6) is 0 Å². The Morgan fingerprint density at radius 1 is 1.41 bits per heavy atom. The van der Waals surface area contributed by atoms with Crippen LogP contribution in [0.25, 0.3) is 0 Å². The SMILES string of the molecule is CCCC(NC(=O)N(CC)CC1CC1)C(=O)O. The number of carbonyl (C=O) groups is 2. The van der Waals surface area contributed by atoms with Gasteiger partial charge >= 0.3 is 12.0 Å². The van der Waals surface area contributed by atoms with Gasteiger partial charge in [0, 0.05) is 13.1 Å². The van der Waals surface area contributed by atoms with Gasteiger partial charge in [-0.25, -0.2) is 9.59 Å². The third-order valence-corrected chi connectivity index (χ3v) is 3.02. The van der Waals surface area contributed by atoms with E-state index in [1.54, 1.807) is 4.90 Å². The van der Waals surface area contributed by atoms with Crippen LogP contribution in [0.1, 0.15) is 39.5 Å². The fourth-order valence-electron chi connectivity index (χ4n) is 1.75. The standard InChI is InChI=1S/C12H22N2O3/c1-3-5-10(11(15)16)13-12(17)14(4-2)8-9-6-7-9/h9-10H,3-8H2,1-2H3,(H,13,17)(H,15,16). The van der Waals surface area contributed by atoms with Gasteiger partial charge in [-0.2, -0.15) is 0 Å². The van der Waals surface area contributed by atoms with E-state index in [4.69, 9.17) is 5.11 Å². The van der Waals surface area contributed by atoms with Crippen molar-refractivity contribution in [3.05, 3.63) is 0 Å². The summed E-state index contributed by atoms with van der Waals surface area (Å²) in [5.74, 6) is -0.335. The third kappa shape index (κ3) is 4.63. The lowest BCUT2D eigenvalue weighted by atomic mass is 10.2. The second-order valence-electron chi connectivity index (χ2n) is 4.61. The number of carboxylic acids is 1. The van der Waals surface area contributed by atoms with E-state index >= 15 is 0 Å². The lowest BCUT2D eigenvalue weighted by Gasteiger charge is -2.23. The number of carbonyl (C=O) groups excluding carboxylic acids is 1. The van der Waals surface area contributed by atoms with Crippen LogP contribution in [0.4, 0.5) is 4.79 Å². The number of nitrogens with one attached hydrogen (secondary N) is 1. The van der Waals surface area contributed by atoms with Gasteiger partial charge in [0.15, 0.2) is 0 Å². The topological polar surface area (TPSA) is 69.6 Å². The molecule has 17 heavy (non-hydrogen) atoms. The number of amides is 2. The minimum absolute atomic E-state index is 0.250. The van der Waals surface area contributed by atoms with E-state index in [9.17, 15) is 9.59 Å². The maximum Gasteiger partial charge on any atom is 0.326 e. The van der Waals surface area contributed by atoms with Crippen LogP contribution in [0.15, 0.2) is 0 Å². The van der Waals surface area contributed by atoms with Crippen LogP contribution in [0.2, 0.25) is 0 Å². The molecule has 2 amide bonds. The first kappa shape index (κ1) is 13.8. The monoisotopic (exact) mass is 242 g/mol. The van der Waals surface area contributed by atoms with Crippen molar-refractivity contribution in [2.75, 3.05) is 13.1 Å². The van der Waals surface area contributed by atoms with Crippen molar-refractivity contribution in [1.82, 2.24) is 10.2 Å². The summed E-state index contributed by atoms with van der Waals surface area (Å²) in [6, 6.07) is -1.01. The summed E-state index contributed by atoms with van der Waals surface area (Å²) in [7, 11) is 0. The maximum atomic E-state index is 11.9. The van der Waals surface area contributed by atoms with Gasteiger partial charge in [0.1, 0.15) is 6.04 Å². The summed E-state index contributed by atoms with van der Waals surface area (Å²) in [5, 5.41) is 11.6. The van der Waals surface area contributed by atoms with Crippen LogP contribution < -0.4 is 5.32 Å². The van der Waals surface area contributed by atoms with Crippen molar-refractivity contribution in [2.24, 2.45) is 5.92 Å². The lowest BCUT2D eigenvalue weighted by Crippen LogP contribution is -2.48. The molecule has 0 saturated heterocycles. The van der Waals surface area contributed by atoms with Gasteiger partial charge in [-0.15, -0.1) is 0 Å². The molecule has 2 N–H and O–H groups in total. The second-order valence-corrected chi connectivity index (χ2v) is 4.61. The van der Waals surface area contributed by atoms with Crippen molar-refractivity contribution in [3.8, 4) is 0 Å². The van der Waals surface area contributed by atoms with Crippen molar-refractivity contribution in [2.45, 2.75) is 45.6 Å². The summed E-state index contributed by atoms with van der Waals surface area (Å²) in [6.07, 6.45) is 3.58. The van der Waals surface area contributed by atoms with Gasteiger partial charge in [-0.05, 0) is 32.1 Å². The fraction of sp³-hybridized carbons (Fsp3) is 0.833. The number of hydrogen-bond donors (Lipinski definition) is 2. The molecule has 1 aliphatic rings. The highest BCUT2D eigenvalue weighted by Gasteiger charge is 2.27. The molecule has 0 radical (unpaired) electrons. The van der Waals surface area contributed by atoms with E-state index in [2.05, 4.69) is 5.32 Å². The number of aliphatic carboxylic acids is 1. The molecule has 1 saturated carbocycles. The molecule has 1 fully saturated rings. The highest BCUT2D eigenvalue weighted by Crippen LogP contribution is 2.29. The highest BCUT2D eigenvalue weighted by atomic mass is 16.4. The van der Waals surface area contributed by atoms with Crippen LogP contribution in [0, 0.1) is 5.92 Å². The van der Waals surface area contributed by atoms with Gasteiger partial charge in [0.05, 0.1) is 0 Å². The molecule has 0 aromatic rings. The van der Waals surface area contributed by atoms with Crippen molar-refractivity contribution in [1.29, 1.82) is 0 Å². The Kier molecular flexibility index (Phi) is 5.25. The number of nitrogens with zero attached hydrogens (tertiary/aromatic N) is 1. The van der Waals surface area contributed by atoms with E-state index in [-0.39, 0.29) is 6.03 Å². The minimum Gasteiger partial charge on any atom is -0.480 e. The summed E-state index contributed by atoms with van der Waals surface area (Å²) in [6.45, 7) is 5.20. The summed E-state index contributed by atoms with van der Waals surface area (Å²) in [4.78, 5) is 24.5. The molecule has 0 bridgehead atoms. The van der Waals surface area contributed by atoms with E-state index in [0.717, 1.165) is 13.0 Å². The van der Waals surface area contributed by atoms with Gasteiger partial charge in [0.2, 0.25) is 0 Å². The summed E-state index contributed by atoms with van der Waals surface area (Å²) < 4.78 is 0. The molecular weight excluding hydrogens is 220 g/mol. The lowest BCUT2D eigenvalue weighted by molar-refractivity contribution is -0.139. The predicted molar refractivity (Wildman–Crippen MR) is 64.8 cm³/mol. The summed E-state index contributed by atoms with van der Waals surface area (Å²) >= 11 is 0. The van der Waals surface area contributed by atoms with Gasteiger partial charge in [-0.1, -0.05) is 13.3 Å². The Labute approximate surface area is 102 Å². The number of carboxylic acid groups (broad SMARTS) is 1. The Bertz CT molecular complexity index is 277. The Hall–Kier alpha value is -1.26. The van der Waals surface area contributed by atoms with Crippen molar-refractivity contribution < 1.29 is 14.7 Å². The van der Waals surface area contributed by atoms with Crippen LogP contribution in [-0.2, 0) is 4.79 Å². The molecule has 5 nitrogen and oxygen atoms in total. The van der Waals surface area contributed by atoms with Crippen LogP contribution in [0.3, 0.4) is 0 Å².